The van der Waals surface area contributed by atoms with Gasteiger partial charge >= 0.3 is 0 Å². The summed E-state index contributed by atoms with van der Waals surface area (Å²) >= 11 is 0. The van der Waals surface area contributed by atoms with E-state index < -0.39 is 0 Å². The van der Waals surface area contributed by atoms with E-state index in [0.29, 0.717) is 36.9 Å². The molecule has 0 N–H and O–H groups in total. The van der Waals surface area contributed by atoms with Crippen molar-refractivity contribution in [1.29, 1.82) is 0 Å². The minimum atomic E-state index is -0.247. The number of Topliss-reactive ketones (excluding diaryl/α,β-unsaturated/α-hetero) is 1. The topological polar surface area (TPSA) is 44.8 Å². The number of ether oxygens (including phenoxy) is 3. The first-order chi connectivity index (χ1) is 10.3. The van der Waals surface area contributed by atoms with Crippen molar-refractivity contribution in [3.63, 3.8) is 0 Å². The Kier molecular flexibility index (Phi) is 2.81. The van der Waals surface area contributed by atoms with Crippen LogP contribution in [0, 0.1) is 0 Å². The van der Waals surface area contributed by atoms with Gasteiger partial charge in [0.05, 0.1) is 5.92 Å². The lowest BCUT2D eigenvalue weighted by Crippen LogP contribution is -2.17. The van der Waals surface area contributed by atoms with E-state index in [2.05, 4.69) is 0 Å². The molecule has 0 radical (unpaired) electrons. The molecule has 4 rings (SSSR count). The summed E-state index contributed by atoms with van der Waals surface area (Å²) in [5, 5.41) is 0. The second kappa shape index (κ2) is 4.81. The molecule has 4 nitrogen and oxygen atoms in total. The van der Waals surface area contributed by atoms with Gasteiger partial charge in [0.25, 0.3) is 0 Å². The lowest BCUT2D eigenvalue weighted by molar-refractivity contribution is 0.0946. The molecule has 0 fully saturated rings. The summed E-state index contributed by atoms with van der Waals surface area (Å²) in [4.78, 5) is 12.7. The number of carbonyl (C=O) groups excluding carboxylic acids is 1. The van der Waals surface area contributed by atoms with Gasteiger partial charge in [-0.25, -0.2) is 0 Å². The number of carbonyl (C=O) groups is 1. The highest BCUT2D eigenvalue weighted by Gasteiger charge is 2.31. The predicted octanol–water partition coefficient (Wildman–Crippen LogP) is 2.82. The van der Waals surface area contributed by atoms with Gasteiger partial charge in [0.15, 0.2) is 17.3 Å². The number of para-hydroxylation sites is 1. The molecule has 2 aliphatic heterocycles. The second-order valence-electron chi connectivity index (χ2n) is 5.12. The molecule has 21 heavy (non-hydrogen) atoms. The van der Waals surface area contributed by atoms with Crippen LogP contribution in [-0.4, -0.2) is 25.6 Å². The highest BCUT2D eigenvalue weighted by molar-refractivity contribution is 6.02. The van der Waals surface area contributed by atoms with Crippen LogP contribution in [0.3, 0.4) is 0 Å². The standard InChI is InChI=1S/C17H14O4/c18-17(13-10-21-14-4-2-1-3-12(13)14)11-5-6-15-16(9-11)20-8-7-19-15/h1-6,9,13H,7-8,10H2. The molecule has 0 saturated carbocycles. The lowest BCUT2D eigenvalue weighted by atomic mass is 9.92. The first-order valence-corrected chi connectivity index (χ1v) is 6.98. The first kappa shape index (κ1) is 12.3. The number of benzene rings is 2. The molecule has 1 unspecified atom stereocenters. The molecule has 0 spiro atoms. The van der Waals surface area contributed by atoms with E-state index >= 15 is 0 Å². The Balaban J connectivity index is 1.67. The smallest absolute Gasteiger partial charge is 0.174 e. The Morgan fingerprint density at radius 2 is 1.71 bits per heavy atom. The van der Waals surface area contributed by atoms with E-state index in [1.165, 1.54) is 0 Å². The molecule has 2 heterocycles. The van der Waals surface area contributed by atoms with Gasteiger partial charge in [-0.1, -0.05) is 18.2 Å². The van der Waals surface area contributed by atoms with E-state index in [4.69, 9.17) is 14.2 Å². The van der Waals surface area contributed by atoms with E-state index in [0.717, 1.165) is 11.3 Å². The maximum atomic E-state index is 12.7. The summed E-state index contributed by atoms with van der Waals surface area (Å²) in [6.45, 7) is 1.46. The van der Waals surface area contributed by atoms with Gasteiger partial charge in [-0.2, -0.15) is 0 Å². The van der Waals surface area contributed by atoms with Crippen molar-refractivity contribution >= 4 is 5.78 Å². The Morgan fingerprint density at radius 3 is 2.62 bits per heavy atom. The van der Waals surface area contributed by atoms with E-state index in [9.17, 15) is 4.79 Å². The number of ketones is 1. The second-order valence-corrected chi connectivity index (χ2v) is 5.12. The molecule has 0 saturated heterocycles. The molecule has 4 heteroatoms. The van der Waals surface area contributed by atoms with Crippen molar-refractivity contribution < 1.29 is 19.0 Å². The fraction of sp³-hybridized carbons (Fsp3) is 0.235. The van der Waals surface area contributed by atoms with Crippen molar-refractivity contribution in [2.75, 3.05) is 19.8 Å². The van der Waals surface area contributed by atoms with Crippen LogP contribution in [-0.2, 0) is 0 Å². The SMILES string of the molecule is O=C(c1ccc2c(c1)OCCO2)C1COc2ccccc21. The zero-order chi connectivity index (χ0) is 14.2. The first-order valence-electron chi connectivity index (χ1n) is 6.98. The minimum absolute atomic E-state index is 0.0527. The van der Waals surface area contributed by atoms with Crippen LogP contribution in [0.1, 0.15) is 21.8 Å². The predicted molar refractivity (Wildman–Crippen MR) is 76.4 cm³/mol. The fourth-order valence-electron chi connectivity index (χ4n) is 2.78. The molecule has 2 aromatic carbocycles. The monoisotopic (exact) mass is 282 g/mol. The maximum Gasteiger partial charge on any atom is 0.174 e. The van der Waals surface area contributed by atoms with Crippen molar-refractivity contribution in [1.82, 2.24) is 0 Å². The minimum Gasteiger partial charge on any atom is -0.492 e. The lowest BCUT2D eigenvalue weighted by Gasteiger charge is -2.19. The summed E-state index contributed by atoms with van der Waals surface area (Å²) in [6.07, 6.45) is 0. The Hall–Kier alpha value is -2.49. The Bertz CT molecular complexity index is 708. The van der Waals surface area contributed by atoms with Crippen molar-refractivity contribution in [3.8, 4) is 17.2 Å². The van der Waals surface area contributed by atoms with Crippen LogP contribution >= 0.6 is 0 Å². The van der Waals surface area contributed by atoms with Crippen molar-refractivity contribution in [2.24, 2.45) is 0 Å². The molecule has 2 aliphatic rings. The fourth-order valence-corrected chi connectivity index (χ4v) is 2.78. The molecule has 2 aromatic rings. The molecule has 106 valence electrons. The molecular formula is C17H14O4. The summed E-state index contributed by atoms with van der Waals surface area (Å²) < 4.78 is 16.6. The summed E-state index contributed by atoms with van der Waals surface area (Å²) in [7, 11) is 0. The molecule has 0 aromatic heterocycles. The van der Waals surface area contributed by atoms with Crippen LogP contribution in [0.25, 0.3) is 0 Å². The third kappa shape index (κ3) is 2.03. The maximum absolute atomic E-state index is 12.7. The Morgan fingerprint density at radius 1 is 0.905 bits per heavy atom. The average molecular weight is 282 g/mol. The summed E-state index contributed by atoms with van der Waals surface area (Å²) in [6, 6.07) is 13.0. The number of hydrogen-bond acceptors (Lipinski definition) is 4. The molecular weight excluding hydrogens is 268 g/mol. The van der Waals surface area contributed by atoms with Crippen LogP contribution in [0.15, 0.2) is 42.5 Å². The summed E-state index contributed by atoms with van der Waals surface area (Å²) in [5.41, 5.74) is 1.59. The number of hydrogen-bond donors (Lipinski definition) is 0. The van der Waals surface area contributed by atoms with Crippen LogP contribution in [0.2, 0.25) is 0 Å². The van der Waals surface area contributed by atoms with Crippen molar-refractivity contribution in [3.05, 3.63) is 53.6 Å². The quantitative estimate of drug-likeness (QED) is 0.795. The normalized spacial score (nSPS) is 18.8. The van der Waals surface area contributed by atoms with E-state index in [1.54, 1.807) is 18.2 Å². The third-order valence-electron chi connectivity index (χ3n) is 3.84. The Labute approximate surface area is 122 Å². The zero-order valence-electron chi connectivity index (χ0n) is 11.4. The van der Waals surface area contributed by atoms with E-state index in [1.807, 2.05) is 24.3 Å². The largest absolute Gasteiger partial charge is 0.492 e. The zero-order valence-corrected chi connectivity index (χ0v) is 11.4. The highest BCUT2D eigenvalue weighted by atomic mass is 16.6. The molecule has 0 amide bonds. The van der Waals surface area contributed by atoms with Crippen LogP contribution < -0.4 is 14.2 Å². The van der Waals surface area contributed by atoms with Crippen molar-refractivity contribution in [2.45, 2.75) is 5.92 Å². The van der Waals surface area contributed by atoms with Gasteiger partial charge in [-0.15, -0.1) is 0 Å². The number of rotatable bonds is 2. The summed E-state index contributed by atoms with van der Waals surface area (Å²) in [5.74, 6) is 1.94. The van der Waals surface area contributed by atoms with Gasteiger partial charge in [0, 0.05) is 11.1 Å². The molecule has 1 atom stereocenters. The van der Waals surface area contributed by atoms with Gasteiger partial charge in [0.2, 0.25) is 0 Å². The van der Waals surface area contributed by atoms with Crippen LogP contribution in [0.4, 0.5) is 0 Å². The highest BCUT2D eigenvalue weighted by Crippen LogP contribution is 2.37. The molecule has 0 aliphatic carbocycles. The third-order valence-corrected chi connectivity index (χ3v) is 3.84. The van der Waals surface area contributed by atoms with E-state index in [-0.39, 0.29) is 11.7 Å². The van der Waals surface area contributed by atoms with Gasteiger partial charge < -0.3 is 14.2 Å². The average Bonchev–Trinajstić information content (AvgIpc) is 2.98. The van der Waals surface area contributed by atoms with Gasteiger partial charge in [0.1, 0.15) is 25.6 Å². The number of fused-ring (bicyclic) bond motifs is 2. The molecule has 0 bridgehead atoms. The van der Waals surface area contributed by atoms with Crippen LogP contribution in [0.5, 0.6) is 17.2 Å². The van der Waals surface area contributed by atoms with Gasteiger partial charge in [-0.05, 0) is 24.3 Å². The van der Waals surface area contributed by atoms with Gasteiger partial charge in [-0.3, -0.25) is 4.79 Å².